The van der Waals surface area contributed by atoms with Crippen molar-refractivity contribution < 1.29 is 9.53 Å². The van der Waals surface area contributed by atoms with Crippen molar-refractivity contribution in [2.45, 2.75) is 68.9 Å². The minimum Gasteiger partial charge on any atom is -0.381 e. The second-order valence-corrected chi connectivity index (χ2v) is 13.1. The Morgan fingerprint density at radius 3 is 2.33 bits per heavy atom. The molecule has 0 aliphatic heterocycles. The summed E-state index contributed by atoms with van der Waals surface area (Å²) >= 11 is 1.72. The topological polar surface area (TPSA) is 41.9 Å². The molecule has 0 bridgehead atoms. The van der Waals surface area contributed by atoms with Crippen LogP contribution in [0.15, 0.2) is 83.9 Å². The summed E-state index contributed by atoms with van der Waals surface area (Å²) < 4.78 is 5.77. The van der Waals surface area contributed by atoms with Crippen molar-refractivity contribution in [2.24, 2.45) is 16.3 Å². The number of nitrogens with zero attached hydrogens (tertiary/aromatic N) is 2. The Morgan fingerprint density at radius 2 is 1.69 bits per heavy atom. The molecule has 1 atom stereocenters. The molecule has 216 valence electrons. The third-order valence-corrected chi connectivity index (χ3v) is 10.5. The van der Waals surface area contributed by atoms with Crippen molar-refractivity contribution >= 4 is 23.2 Å². The third kappa shape index (κ3) is 5.93. The van der Waals surface area contributed by atoms with Crippen LogP contribution in [0.1, 0.15) is 66.3 Å². The van der Waals surface area contributed by atoms with Crippen molar-refractivity contribution in [3.63, 3.8) is 0 Å². The lowest BCUT2D eigenvalue weighted by atomic mass is 9.62. The number of fused-ring (bicyclic) bond motifs is 1. The van der Waals surface area contributed by atoms with Gasteiger partial charge in [0, 0.05) is 43.4 Å². The molecule has 3 aliphatic rings. The summed E-state index contributed by atoms with van der Waals surface area (Å²) in [6.45, 7) is 0.717. The van der Waals surface area contributed by atoms with Crippen LogP contribution in [0.5, 0.6) is 0 Å². The molecule has 0 saturated heterocycles. The smallest absolute Gasteiger partial charge is 0.160 e. The van der Waals surface area contributed by atoms with Gasteiger partial charge in [0.25, 0.3) is 0 Å². The number of aliphatic imine (C=N–C) groups is 1. The highest BCUT2D eigenvalue weighted by molar-refractivity contribution is 8.13. The normalized spacial score (nSPS) is 25.0. The number of carbonyl (C=O) groups excluding carboxylic acids is 1. The van der Waals surface area contributed by atoms with Crippen molar-refractivity contribution in [3.8, 4) is 11.8 Å². The van der Waals surface area contributed by atoms with E-state index in [-0.39, 0.29) is 11.5 Å². The number of aldehydes is 1. The average molecular weight is 577 g/mol. The molecule has 3 aromatic rings. The van der Waals surface area contributed by atoms with E-state index in [4.69, 9.17) is 9.73 Å². The zero-order valence-corrected chi connectivity index (χ0v) is 25.5. The van der Waals surface area contributed by atoms with Gasteiger partial charge in [0.2, 0.25) is 0 Å². The van der Waals surface area contributed by atoms with Crippen LogP contribution in [0.2, 0.25) is 0 Å². The fourth-order valence-electron chi connectivity index (χ4n) is 6.72. The second kappa shape index (κ2) is 12.5. The fraction of sp³-hybridized carbons (Fsp3) is 0.405. The molecule has 6 rings (SSSR count). The molecule has 0 aromatic heterocycles. The maximum atomic E-state index is 13.7. The Labute approximate surface area is 255 Å². The second-order valence-electron chi connectivity index (χ2n) is 12.2. The molecule has 0 radical (unpaired) electrons. The van der Waals surface area contributed by atoms with E-state index in [1.807, 2.05) is 12.1 Å². The zero-order valence-electron chi connectivity index (χ0n) is 24.7. The summed E-state index contributed by atoms with van der Waals surface area (Å²) in [5, 5.41) is 0.894. The summed E-state index contributed by atoms with van der Waals surface area (Å²) in [6, 6.07) is 27.5. The molecule has 3 aromatic carbocycles. The van der Waals surface area contributed by atoms with Gasteiger partial charge in [-0.25, -0.2) is 4.99 Å². The van der Waals surface area contributed by atoms with Crippen LogP contribution in [-0.4, -0.2) is 36.6 Å². The zero-order chi connectivity index (χ0) is 29.0. The molecule has 2 fully saturated rings. The lowest BCUT2D eigenvalue weighted by Gasteiger charge is -2.45. The minimum atomic E-state index is -0.970. The van der Waals surface area contributed by atoms with E-state index in [2.05, 4.69) is 90.5 Å². The van der Waals surface area contributed by atoms with Gasteiger partial charge in [-0.15, -0.1) is 0 Å². The molecular weight excluding hydrogens is 536 g/mol. The fourth-order valence-corrected chi connectivity index (χ4v) is 7.70. The van der Waals surface area contributed by atoms with E-state index in [9.17, 15) is 4.79 Å². The first kappa shape index (κ1) is 28.8. The summed E-state index contributed by atoms with van der Waals surface area (Å²) in [7, 11) is 3.91. The Hall–Kier alpha value is -3.33. The molecule has 2 saturated carbocycles. The van der Waals surface area contributed by atoms with Crippen LogP contribution in [0.4, 0.5) is 0 Å². The van der Waals surface area contributed by atoms with Crippen molar-refractivity contribution in [1.29, 1.82) is 0 Å². The number of benzene rings is 3. The van der Waals surface area contributed by atoms with Crippen molar-refractivity contribution in [1.82, 2.24) is 4.90 Å². The highest BCUT2D eigenvalue weighted by Crippen LogP contribution is 2.59. The SMILES string of the molecule is COC1CCC2(CC1)Cc1ccc(C#CC3CC3)cc1C2(C=O)N=C(SCc1ccccc1)N(C)Cc1ccccc1. The van der Waals surface area contributed by atoms with E-state index >= 15 is 0 Å². The molecule has 1 unspecified atom stereocenters. The number of ether oxygens (including phenoxy) is 1. The maximum Gasteiger partial charge on any atom is 0.160 e. The number of thioether (sulfide) groups is 1. The maximum absolute atomic E-state index is 13.7. The lowest BCUT2D eigenvalue weighted by Crippen LogP contribution is -2.47. The number of rotatable bonds is 7. The van der Waals surface area contributed by atoms with Crippen LogP contribution in [-0.2, 0) is 33.8 Å². The summed E-state index contributed by atoms with van der Waals surface area (Å²) in [6.07, 6.45) is 8.35. The highest BCUT2D eigenvalue weighted by atomic mass is 32.2. The highest BCUT2D eigenvalue weighted by Gasteiger charge is 2.59. The molecule has 5 heteroatoms. The number of hydrogen-bond donors (Lipinski definition) is 0. The van der Waals surface area contributed by atoms with E-state index in [0.717, 1.165) is 60.7 Å². The standard InChI is InChI=1S/C37H40N2O2S/c1-39(25-30-9-5-3-6-10-30)35(42-26-31-11-7-4-8-12-31)38-37(27-40)34-23-29(16-15-28-13-14-28)17-18-32(34)24-36(37)21-19-33(41-2)20-22-36/h3-12,17-18,23,27-28,33H,13-14,19-22,24-26H2,1-2H3. The summed E-state index contributed by atoms with van der Waals surface area (Å²) in [5.74, 6) is 8.13. The van der Waals surface area contributed by atoms with Gasteiger partial charge in [0.05, 0.1) is 6.10 Å². The van der Waals surface area contributed by atoms with E-state index < -0.39 is 5.54 Å². The molecule has 4 nitrogen and oxygen atoms in total. The van der Waals surface area contributed by atoms with E-state index in [1.165, 1.54) is 35.8 Å². The van der Waals surface area contributed by atoms with Crippen LogP contribution in [0.3, 0.4) is 0 Å². The van der Waals surface area contributed by atoms with Crippen molar-refractivity contribution in [3.05, 3.63) is 107 Å². The monoisotopic (exact) mass is 576 g/mol. The number of methoxy groups -OCH3 is 1. The van der Waals surface area contributed by atoms with E-state index in [0.29, 0.717) is 5.92 Å². The van der Waals surface area contributed by atoms with Gasteiger partial charge in [-0.1, -0.05) is 90.3 Å². The quantitative estimate of drug-likeness (QED) is 0.127. The average Bonchev–Trinajstić information content (AvgIpc) is 3.83. The van der Waals surface area contributed by atoms with Gasteiger partial charge in [-0.05, 0) is 79.3 Å². The Kier molecular flexibility index (Phi) is 8.56. The first-order valence-electron chi connectivity index (χ1n) is 15.2. The molecule has 1 spiro atoms. The van der Waals surface area contributed by atoms with Gasteiger partial charge < -0.3 is 14.4 Å². The van der Waals surface area contributed by atoms with Crippen LogP contribution < -0.4 is 0 Å². The van der Waals surface area contributed by atoms with Gasteiger partial charge in [0.1, 0.15) is 5.54 Å². The van der Waals surface area contributed by atoms with Crippen LogP contribution in [0, 0.1) is 23.2 Å². The largest absolute Gasteiger partial charge is 0.381 e. The Balaban J connectivity index is 1.44. The first-order chi connectivity index (χ1) is 20.5. The molecule has 0 N–H and O–H groups in total. The van der Waals surface area contributed by atoms with Gasteiger partial charge in [-0.2, -0.15) is 0 Å². The molecular formula is C37H40N2O2S. The van der Waals surface area contributed by atoms with Crippen LogP contribution >= 0.6 is 11.8 Å². The number of amidine groups is 1. The molecule has 42 heavy (non-hydrogen) atoms. The first-order valence-corrected chi connectivity index (χ1v) is 16.2. The Bertz CT molecular complexity index is 1480. The van der Waals surface area contributed by atoms with Crippen LogP contribution in [0.25, 0.3) is 0 Å². The van der Waals surface area contributed by atoms with E-state index in [1.54, 1.807) is 18.9 Å². The number of hydrogen-bond acceptors (Lipinski definition) is 4. The number of carbonyl (C=O) groups is 1. The molecule has 0 amide bonds. The third-order valence-electron chi connectivity index (χ3n) is 9.32. The summed E-state index contributed by atoms with van der Waals surface area (Å²) in [5.41, 5.74) is 4.47. The minimum absolute atomic E-state index is 0.236. The van der Waals surface area contributed by atoms with Crippen molar-refractivity contribution in [2.75, 3.05) is 14.2 Å². The van der Waals surface area contributed by atoms with Gasteiger partial charge in [0.15, 0.2) is 11.5 Å². The van der Waals surface area contributed by atoms with Gasteiger partial charge in [-0.3, -0.25) is 0 Å². The lowest BCUT2D eigenvalue weighted by molar-refractivity contribution is -0.118. The summed E-state index contributed by atoms with van der Waals surface area (Å²) in [4.78, 5) is 21.5. The predicted molar refractivity (Wildman–Crippen MR) is 172 cm³/mol. The molecule has 3 aliphatic carbocycles. The Morgan fingerprint density at radius 1 is 1.00 bits per heavy atom. The predicted octanol–water partition coefficient (Wildman–Crippen LogP) is 7.40. The molecule has 0 heterocycles. The van der Waals surface area contributed by atoms with Gasteiger partial charge >= 0.3 is 0 Å².